The molecule has 0 bridgehead atoms. The average molecular weight is 262 g/mol. The fourth-order valence-electron chi connectivity index (χ4n) is 1.77. The molecular weight excluding hydrogens is 240 g/mol. The van der Waals surface area contributed by atoms with Gasteiger partial charge in [0.15, 0.2) is 0 Å². The average Bonchev–Trinajstić information content (AvgIpc) is 3.20. The first-order chi connectivity index (χ1) is 9.15. The molecule has 1 aromatic rings. The molecule has 1 aromatic heterocycles. The number of amides is 1. The number of anilines is 2. The maximum atomic E-state index is 11.6. The first kappa shape index (κ1) is 13.8. The van der Waals surface area contributed by atoms with E-state index < -0.39 is 0 Å². The molecule has 2 rings (SSSR count). The van der Waals surface area contributed by atoms with Crippen LogP contribution >= 0.6 is 0 Å². The van der Waals surface area contributed by atoms with Crippen molar-refractivity contribution in [2.45, 2.75) is 19.3 Å². The summed E-state index contributed by atoms with van der Waals surface area (Å²) in [6.07, 6.45) is 4.82. The van der Waals surface area contributed by atoms with Gasteiger partial charge in [-0.25, -0.2) is 4.98 Å². The van der Waals surface area contributed by atoms with Crippen molar-refractivity contribution < 1.29 is 4.79 Å². The third-order valence-electron chi connectivity index (χ3n) is 3.07. The van der Waals surface area contributed by atoms with E-state index in [1.165, 1.54) is 0 Å². The van der Waals surface area contributed by atoms with Gasteiger partial charge >= 0.3 is 0 Å². The standard InChI is InChI=1S/C14H22N4O/c1-18(2)9-3-8-15-13-7-6-12(10-16-13)17-14(19)11-4-5-11/h6-7,10-11H,3-5,8-9H2,1-2H3,(H,15,16)(H,17,19). The van der Waals surface area contributed by atoms with Crippen LogP contribution in [0.3, 0.4) is 0 Å². The van der Waals surface area contributed by atoms with E-state index in [2.05, 4.69) is 34.6 Å². The van der Waals surface area contributed by atoms with Crippen LogP contribution in [-0.4, -0.2) is 43.0 Å². The Balaban J connectivity index is 1.72. The van der Waals surface area contributed by atoms with Crippen LogP contribution in [0.15, 0.2) is 18.3 Å². The van der Waals surface area contributed by atoms with Crippen LogP contribution in [-0.2, 0) is 4.79 Å². The van der Waals surface area contributed by atoms with E-state index >= 15 is 0 Å². The van der Waals surface area contributed by atoms with Gasteiger partial charge < -0.3 is 15.5 Å². The Bertz CT molecular complexity index is 412. The normalized spacial score (nSPS) is 14.5. The highest BCUT2D eigenvalue weighted by molar-refractivity contribution is 5.93. The van der Waals surface area contributed by atoms with Gasteiger partial charge in [0.25, 0.3) is 0 Å². The third-order valence-corrected chi connectivity index (χ3v) is 3.07. The van der Waals surface area contributed by atoms with Crippen LogP contribution in [0.25, 0.3) is 0 Å². The molecule has 1 amide bonds. The lowest BCUT2D eigenvalue weighted by Gasteiger charge is -2.10. The molecule has 19 heavy (non-hydrogen) atoms. The van der Waals surface area contributed by atoms with Crippen LogP contribution in [0, 0.1) is 5.92 Å². The summed E-state index contributed by atoms with van der Waals surface area (Å²) < 4.78 is 0. The Morgan fingerprint density at radius 1 is 1.42 bits per heavy atom. The van der Waals surface area contributed by atoms with Gasteiger partial charge in [0.05, 0.1) is 11.9 Å². The Hall–Kier alpha value is -1.62. The number of nitrogens with zero attached hydrogens (tertiary/aromatic N) is 2. The molecule has 1 saturated carbocycles. The Morgan fingerprint density at radius 2 is 2.21 bits per heavy atom. The maximum absolute atomic E-state index is 11.6. The van der Waals surface area contributed by atoms with E-state index in [4.69, 9.17) is 0 Å². The first-order valence-electron chi connectivity index (χ1n) is 6.80. The second-order valence-corrected chi connectivity index (χ2v) is 5.28. The van der Waals surface area contributed by atoms with Crippen LogP contribution in [0.2, 0.25) is 0 Å². The lowest BCUT2D eigenvalue weighted by molar-refractivity contribution is -0.117. The van der Waals surface area contributed by atoms with Crippen molar-refractivity contribution >= 4 is 17.4 Å². The zero-order chi connectivity index (χ0) is 13.7. The summed E-state index contributed by atoms with van der Waals surface area (Å²) in [6.45, 7) is 1.96. The minimum absolute atomic E-state index is 0.119. The van der Waals surface area contributed by atoms with E-state index in [0.29, 0.717) is 0 Å². The highest BCUT2D eigenvalue weighted by atomic mass is 16.2. The predicted molar refractivity (Wildman–Crippen MR) is 77.3 cm³/mol. The van der Waals surface area contributed by atoms with Crippen LogP contribution in [0.4, 0.5) is 11.5 Å². The monoisotopic (exact) mass is 262 g/mol. The van der Waals surface area contributed by atoms with Gasteiger partial charge in [0.2, 0.25) is 5.91 Å². The fraction of sp³-hybridized carbons (Fsp3) is 0.571. The van der Waals surface area contributed by atoms with Crippen molar-refractivity contribution in [3.05, 3.63) is 18.3 Å². The van der Waals surface area contributed by atoms with Crippen LogP contribution in [0.5, 0.6) is 0 Å². The topological polar surface area (TPSA) is 57.3 Å². The minimum Gasteiger partial charge on any atom is -0.370 e. The summed E-state index contributed by atoms with van der Waals surface area (Å²) in [5.41, 5.74) is 0.774. The Labute approximate surface area is 114 Å². The molecule has 0 saturated heterocycles. The number of carbonyl (C=O) groups excluding carboxylic acids is 1. The lowest BCUT2D eigenvalue weighted by Crippen LogP contribution is -2.16. The van der Waals surface area contributed by atoms with Crippen molar-refractivity contribution in [1.29, 1.82) is 0 Å². The summed E-state index contributed by atoms with van der Waals surface area (Å²) in [6, 6.07) is 3.79. The van der Waals surface area contributed by atoms with Gasteiger partial charge in [-0.3, -0.25) is 4.79 Å². The number of rotatable bonds is 7. The van der Waals surface area contributed by atoms with Gasteiger partial charge in [-0.1, -0.05) is 0 Å². The molecular formula is C14H22N4O. The van der Waals surface area contributed by atoms with Crippen LogP contribution < -0.4 is 10.6 Å². The number of hydrogen-bond acceptors (Lipinski definition) is 4. The van der Waals surface area contributed by atoms with Crippen molar-refractivity contribution in [2.24, 2.45) is 5.92 Å². The summed E-state index contributed by atoms with van der Waals surface area (Å²) in [4.78, 5) is 18.0. The zero-order valence-corrected chi connectivity index (χ0v) is 11.6. The quantitative estimate of drug-likeness (QED) is 0.736. The molecule has 0 atom stereocenters. The smallest absolute Gasteiger partial charge is 0.227 e. The molecule has 1 fully saturated rings. The van der Waals surface area contributed by atoms with Gasteiger partial charge in [0, 0.05) is 12.5 Å². The summed E-state index contributed by atoms with van der Waals surface area (Å²) >= 11 is 0. The number of pyridine rings is 1. The number of hydrogen-bond donors (Lipinski definition) is 2. The SMILES string of the molecule is CN(C)CCCNc1ccc(NC(=O)C2CC2)cn1. The summed E-state index contributed by atoms with van der Waals surface area (Å²) in [7, 11) is 4.13. The molecule has 104 valence electrons. The van der Waals surface area contributed by atoms with Crippen molar-refractivity contribution in [3.8, 4) is 0 Å². The molecule has 1 aliphatic carbocycles. The summed E-state index contributed by atoms with van der Waals surface area (Å²) in [5, 5.41) is 6.14. The van der Waals surface area contributed by atoms with Gasteiger partial charge in [-0.2, -0.15) is 0 Å². The molecule has 5 heteroatoms. The van der Waals surface area contributed by atoms with E-state index in [1.54, 1.807) is 6.20 Å². The maximum Gasteiger partial charge on any atom is 0.227 e. The Kier molecular flexibility index (Phi) is 4.74. The minimum atomic E-state index is 0.119. The molecule has 2 N–H and O–H groups in total. The van der Waals surface area contributed by atoms with E-state index in [1.807, 2.05) is 12.1 Å². The lowest BCUT2D eigenvalue weighted by atomic mass is 10.3. The molecule has 0 unspecified atom stereocenters. The molecule has 0 aliphatic heterocycles. The third kappa shape index (κ3) is 4.87. The zero-order valence-electron chi connectivity index (χ0n) is 11.6. The number of carbonyl (C=O) groups is 1. The van der Waals surface area contributed by atoms with Crippen molar-refractivity contribution in [3.63, 3.8) is 0 Å². The van der Waals surface area contributed by atoms with Gasteiger partial charge in [-0.15, -0.1) is 0 Å². The highest BCUT2D eigenvalue weighted by Crippen LogP contribution is 2.30. The molecule has 1 aliphatic rings. The highest BCUT2D eigenvalue weighted by Gasteiger charge is 2.29. The van der Waals surface area contributed by atoms with E-state index in [0.717, 1.165) is 43.9 Å². The van der Waals surface area contributed by atoms with E-state index in [9.17, 15) is 4.79 Å². The molecule has 1 heterocycles. The molecule has 5 nitrogen and oxygen atoms in total. The Morgan fingerprint density at radius 3 is 2.79 bits per heavy atom. The second kappa shape index (κ2) is 6.52. The van der Waals surface area contributed by atoms with Crippen LogP contribution in [0.1, 0.15) is 19.3 Å². The fourth-order valence-corrected chi connectivity index (χ4v) is 1.77. The van der Waals surface area contributed by atoms with Gasteiger partial charge in [0.1, 0.15) is 5.82 Å². The predicted octanol–water partition coefficient (Wildman–Crippen LogP) is 1.79. The first-order valence-corrected chi connectivity index (χ1v) is 6.80. The summed E-state index contributed by atoms with van der Waals surface area (Å²) in [5.74, 6) is 1.19. The number of aromatic nitrogens is 1. The van der Waals surface area contributed by atoms with E-state index in [-0.39, 0.29) is 11.8 Å². The molecule has 0 aromatic carbocycles. The molecule has 0 spiro atoms. The largest absolute Gasteiger partial charge is 0.370 e. The van der Waals surface area contributed by atoms with Crippen molar-refractivity contribution in [1.82, 2.24) is 9.88 Å². The van der Waals surface area contributed by atoms with Crippen molar-refractivity contribution in [2.75, 3.05) is 37.8 Å². The molecule has 0 radical (unpaired) electrons. The number of nitrogens with one attached hydrogen (secondary N) is 2. The second-order valence-electron chi connectivity index (χ2n) is 5.28. The van der Waals surface area contributed by atoms with Gasteiger partial charge in [-0.05, 0) is 52.0 Å².